The van der Waals surface area contributed by atoms with E-state index in [4.69, 9.17) is 9.47 Å². The first-order valence-electron chi connectivity index (χ1n) is 6.33. The van der Waals surface area contributed by atoms with Gasteiger partial charge in [0, 0.05) is 13.2 Å². The second kappa shape index (κ2) is 9.16. The molecular formula is C14H23NO2. The van der Waals surface area contributed by atoms with Crippen LogP contribution in [-0.2, 0) is 9.47 Å². The predicted molar refractivity (Wildman–Crippen MR) is 70.2 cm³/mol. The van der Waals surface area contributed by atoms with E-state index in [1.54, 1.807) is 0 Å². The van der Waals surface area contributed by atoms with Crippen LogP contribution in [0.15, 0.2) is 30.3 Å². The van der Waals surface area contributed by atoms with Crippen LogP contribution in [0.1, 0.15) is 25.5 Å². The number of ether oxygens (including phenoxy) is 2. The summed E-state index contributed by atoms with van der Waals surface area (Å²) in [5.74, 6) is 0. The lowest BCUT2D eigenvalue weighted by molar-refractivity contribution is 0.00708. The molecule has 1 rings (SSSR count). The standard InChI is InChI=1S/C14H23NO2/c1-3-15-12-14(17-11-10-16-4-2)13-8-6-5-7-9-13/h5-9,14-15H,3-4,10-12H2,1-2H3. The monoisotopic (exact) mass is 237 g/mol. The molecule has 0 aliphatic rings. The summed E-state index contributed by atoms with van der Waals surface area (Å²) in [4.78, 5) is 0. The number of benzene rings is 1. The second-order valence-corrected chi connectivity index (χ2v) is 3.77. The molecule has 0 spiro atoms. The molecule has 1 atom stereocenters. The molecule has 1 aromatic rings. The molecule has 1 N–H and O–H groups in total. The maximum atomic E-state index is 5.84. The molecule has 0 radical (unpaired) electrons. The van der Waals surface area contributed by atoms with Crippen molar-refractivity contribution < 1.29 is 9.47 Å². The van der Waals surface area contributed by atoms with E-state index in [9.17, 15) is 0 Å². The van der Waals surface area contributed by atoms with Crippen LogP contribution >= 0.6 is 0 Å². The maximum absolute atomic E-state index is 5.84. The minimum Gasteiger partial charge on any atom is -0.379 e. The largest absolute Gasteiger partial charge is 0.379 e. The van der Waals surface area contributed by atoms with Crippen LogP contribution in [0.3, 0.4) is 0 Å². The maximum Gasteiger partial charge on any atom is 0.0950 e. The molecular weight excluding hydrogens is 214 g/mol. The van der Waals surface area contributed by atoms with Gasteiger partial charge in [-0.1, -0.05) is 37.3 Å². The highest BCUT2D eigenvalue weighted by Gasteiger charge is 2.10. The van der Waals surface area contributed by atoms with Crippen LogP contribution in [0.25, 0.3) is 0 Å². The van der Waals surface area contributed by atoms with Gasteiger partial charge in [0.1, 0.15) is 0 Å². The van der Waals surface area contributed by atoms with Crippen molar-refractivity contribution in [3.8, 4) is 0 Å². The lowest BCUT2D eigenvalue weighted by Crippen LogP contribution is -2.24. The smallest absolute Gasteiger partial charge is 0.0950 e. The molecule has 0 aromatic heterocycles. The SMILES string of the molecule is CCNCC(OCCOCC)c1ccccc1. The van der Waals surface area contributed by atoms with Crippen molar-refractivity contribution in [2.75, 3.05) is 32.9 Å². The lowest BCUT2D eigenvalue weighted by atomic mass is 10.1. The van der Waals surface area contributed by atoms with E-state index in [0.29, 0.717) is 13.2 Å². The molecule has 1 unspecified atom stereocenters. The fourth-order valence-electron chi connectivity index (χ4n) is 1.61. The highest BCUT2D eigenvalue weighted by atomic mass is 16.5. The fraction of sp³-hybridized carbons (Fsp3) is 0.571. The van der Waals surface area contributed by atoms with Gasteiger partial charge >= 0.3 is 0 Å². The average Bonchev–Trinajstić information content (AvgIpc) is 2.39. The van der Waals surface area contributed by atoms with Crippen LogP contribution in [0.5, 0.6) is 0 Å². The van der Waals surface area contributed by atoms with Crippen molar-refractivity contribution in [1.82, 2.24) is 5.32 Å². The summed E-state index contributed by atoms with van der Waals surface area (Å²) in [7, 11) is 0. The Kier molecular flexibility index (Phi) is 7.63. The van der Waals surface area contributed by atoms with Crippen LogP contribution in [0.4, 0.5) is 0 Å². The molecule has 0 fully saturated rings. The predicted octanol–water partition coefficient (Wildman–Crippen LogP) is 2.39. The molecule has 0 bridgehead atoms. The molecule has 3 nitrogen and oxygen atoms in total. The van der Waals surface area contributed by atoms with Gasteiger partial charge in [-0.2, -0.15) is 0 Å². The molecule has 0 saturated heterocycles. The minimum atomic E-state index is 0.108. The van der Waals surface area contributed by atoms with Crippen molar-refractivity contribution >= 4 is 0 Å². The summed E-state index contributed by atoms with van der Waals surface area (Å²) in [6.45, 7) is 7.93. The summed E-state index contributed by atoms with van der Waals surface area (Å²) >= 11 is 0. The molecule has 17 heavy (non-hydrogen) atoms. The first-order valence-corrected chi connectivity index (χ1v) is 6.33. The third-order valence-electron chi connectivity index (χ3n) is 2.50. The van der Waals surface area contributed by atoms with E-state index in [0.717, 1.165) is 19.7 Å². The second-order valence-electron chi connectivity index (χ2n) is 3.77. The van der Waals surface area contributed by atoms with E-state index >= 15 is 0 Å². The van der Waals surface area contributed by atoms with Gasteiger partial charge in [0.2, 0.25) is 0 Å². The average molecular weight is 237 g/mol. The highest BCUT2D eigenvalue weighted by molar-refractivity contribution is 5.17. The van der Waals surface area contributed by atoms with Gasteiger partial charge in [0.15, 0.2) is 0 Å². The summed E-state index contributed by atoms with van der Waals surface area (Å²) < 4.78 is 11.1. The van der Waals surface area contributed by atoms with Gasteiger partial charge in [0.05, 0.1) is 19.3 Å². The zero-order chi connectivity index (χ0) is 12.3. The van der Waals surface area contributed by atoms with Crippen LogP contribution < -0.4 is 5.32 Å². The fourth-order valence-corrected chi connectivity index (χ4v) is 1.61. The lowest BCUT2D eigenvalue weighted by Gasteiger charge is -2.18. The van der Waals surface area contributed by atoms with Gasteiger partial charge in [-0.15, -0.1) is 0 Å². The number of hydrogen-bond acceptors (Lipinski definition) is 3. The Morgan fingerprint density at radius 1 is 1.12 bits per heavy atom. The Hall–Kier alpha value is -0.900. The molecule has 1 aromatic carbocycles. The summed E-state index contributed by atoms with van der Waals surface area (Å²) in [6, 6.07) is 10.3. The third-order valence-corrected chi connectivity index (χ3v) is 2.50. The third kappa shape index (κ3) is 5.82. The molecule has 96 valence electrons. The molecule has 0 heterocycles. The summed E-state index contributed by atoms with van der Waals surface area (Å²) in [6.07, 6.45) is 0.108. The van der Waals surface area contributed by atoms with Gasteiger partial charge in [-0.25, -0.2) is 0 Å². The quantitative estimate of drug-likeness (QED) is 0.669. The van der Waals surface area contributed by atoms with Gasteiger partial charge in [-0.05, 0) is 19.0 Å². The number of likely N-dealkylation sites (N-methyl/N-ethyl adjacent to an activating group) is 1. The molecule has 0 amide bonds. The first kappa shape index (κ1) is 14.2. The molecule has 3 heteroatoms. The van der Waals surface area contributed by atoms with Gasteiger partial charge in [-0.3, -0.25) is 0 Å². The Balaban J connectivity index is 2.43. The Bertz CT molecular complexity index is 277. The highest BCUT2D eigenvalue weighted by Crippen LogP contribution is 2.15. The van der Waals surface area contributed by atoms with Gasteiger partial charge < -0.3 is 14.8 Å². The van der Waals surface area contributed by atoms with Crippen molar-refractivity contribution in [2.24, 2.45) is 0 Å². The molecule has 0 saturated carbocycles. The van der Waals surface area contributed by atoms with E-state index in [-0.39, 0.29) is 6.10 Å². The number of nitrogens with one attached hydrogen (secondary N) is 1. The Morgan fingerprint density at radius 3 is 2.53 bits per heavy atom. The molecule has 0 aliphatic heterocycles. The number of rotatable bonds is 9. The summed E-state index contributed by atoms with van der Waals surface area (Å²) in [5, 5.41) is 3.32. The Labute approximate surface area is 104 Å². The van der Waals surface area contributed by atoms with Crippen LogP contribution in [0, 0.1) is 0 Å². The van der Waals surface area contributed by atoms with Crippen LogP contribution in [-0.4, -0.2) is 32.9 Å². The molecule has 0 aliphatic carbocycles. The van der Waals surface area contributed by atoms with E-state index < -0.39 is 0 Å². The van der Waals surface area contributed by atoms with E-state index in [2.05, 4.69) is 24.4 Å². The summed E-state index contributed by atoms with van der Waals surface area (Å²) in [5.41, 5.74) is 1.21. The van der Waals surface area contributed by atoms with E-state index in [1.165, 1.54) is 5.56 Å². The van der Waals surface area contributed by atoms with Crippen molar-refractivity contribution in [3.05, 3.63) is 35.9 Å². The topological polar surface area (TPSA) is 30.5 Å². The van der Waals surface area contributed by atoms with Crippen molar-refractivity contribution in [1.29, 1.82) is 0 Å². The van der Waals surface area contributed by atoms with E-state index in [1.807, 2.05) is 25.1 Å². The van der Waals surface area contributed by atoms with Crippen molar-refractivity contribution in [3.63, 3.8) is 0 Å². The normalized spacial score (nSPS) is 12.6. The van der Waals surface area contributed by atoms with Crippen molar-refractivity contribution in [2.45, 2.75) is 20.0 Å². The minimum absolute atomic E-state index is 0.108. The Morgan fingerprint density at radius 2 is 1.88 bits per heavy atom. The van der Waals surface area contributed by atoms with Gasteiger partial charge in [0.25, 0.3) is 0 Å². The zero-order valence-corrected chi connectivity index (χ0v) is 10.8. The van der Waals surface area contributed by atoms with Crippen LogP contribution in [0.2, 0.25) is 0 Å². The zero-order valence-electron chi connectivity index (χ0n) is 10.8. The first-order chi connectivity index (χ1) is 8.38. The number of hydrogen-bond donors (Lipinski definition) is 1.